The Hall–Kier alpha value is -1.32. The molecular weight excluding hydrogens is 320 g/mol. The van der Waals surface area contributed by atoms with Crippen LogP contribution in [0.4, 0.5) is 0 Å². The molecule has 0 N–H and O–H groups in total. The number of furan rings is 1. The van der Waals surface area contributed by atoms with Crippen molar-refractivity contribution in [2.75, 3.05) is 46.3 Å². The first-order valence-corrected chi connectivity index (χ1v) is 10.7. The highest BCUT2D eigenvalue weighted by molar-refractivity contribution is 5.77. The van der Waals surface area contributed by atoms with E-state index in [0.29, 0.717) is 0 Å². The molecule has 0 bridgehead atoms. The van der Waals surface area contributed by atoms with Gasteiger partial charge in [0.2, 0.25) is 0 Å². The normalized spacial score (nSPS) is 14.7. The maximum Gasteiger partial charge on any atom is 0.159 e. The summed E-state index contributed by atoms with van der Waals surface area (Å²) < 4.78 is 8.40. The number of benzene rings is 1. The number of para-hydroxylation sites is 1. The molecule has 0 spiro atoms. The van der Waals surface area contributed by atoms with Crippen LogP contribution in [0.25, 0.3) is 11.0 Å². The standard InChI is InChI=1S/C23H40N2O/c1-6-24(5,17-13-10-14-18-25(7-2,8-3)9-4)20-22-19-21-15-11-12-16-23(21)26-22/h11-12,15-16,19H,6-10,13-14,17-18,20H2,1-5H3/q+2/t24-/m0/s1. The Labute approximate surface area is 160 Å². The summed E-state index contributed by atoms with van der Waals surface area (Å²) in [5, 5.41) is 1.22. The average molecular weight is 361 g/mol. The molecule has 1 aromatic carbocycles. The Morgan fingerprint density at radius 1 is 0.808 bits per heavy atom. The van der Waals surface area contributed by atoms with Crippen LogP contribution < -0.4 is 0 Å². The molecule has 0 saturated carbocycles. The van der Waals surface area contributed by atoms with Gasteiger partial charge in [-0.25, -0.2) is 0 Å². The largest absolute Gasteiger partial charge is 0.455 e. The summed E-state index contributed by atoms with van der Waals surface area (Å²) >= 11 is 0. The molecule has 0 saturated heterocycles. The molecule has 26 heavy (non-hydrogen) atoms. The molecule has 3 heteroatoms. The maximum absolute atomic E-state index is 6.06. The van der Waals surface area contributed by atoms with E-state index in [1.165, 1.54) is 61.9 Å². The lowest BCUT2D eigenvalue weighted by molar-refractivity contribution is -0.924. The SMILES string of the molecule is CC[N+](CC)(CC)CCCCC[N@+](C)(CC)Cc1cc2ccccc2o1. The Morgan fingerprint density at radius 2 is 1.46 bits per heavy atom. The zero-order valence-corrected chi connectivity index (χ0v) is 17.8. The van der Waals surface area contributed by atoms with E-state index in [0.717, 1.165) is 28.9 Å². The van der Waals surface area contributed by atoms with Crippen molar-refractivity contribution in [3.8, 4) is 0 Å². The fraction of sp³-hybridized carbons (Fsp3) is 0.652. The quantitative estimate of drug-likeness (QED) is 0.362. The Kier molecular flexibility index (Phi) is 7.72. The second kappa shape index (κ2) is 9.57. The van der Waals surface area contributed by atoms with Crippen LogP contribution in [-0.2, 0) is 6.54 Å². The highest BCUT2D eigenvalue weighted by Crippen LogP contribution is 2.22. The topological polar surface area (TPSA) is 13.1 Å². The van der Waals surface area contributed by atoms with E-state index in [9.17, 15) is 0 Å². The fourth-order valence-electron chi connectivity index (χ4n) is 4.10. The molecule has 2 aromatic rings. The highest BCUT2D eigenvalue weighted by Gasteiger charge is 2.23. The van der Waals surface area contributed by atoms with E-state index >= 15 is 0 Å². The van der Waals surface area contributed by atoms with Gasteiger partial charge < -0.3 is 13.4 Å². The first-order valence-electron chi connectivity index (χ1n) is 10.7. The first kappa shape index (κ1) is 21.0. The predicted octanol–water partition coefficient (Wildman–Crippen LogP) is 5.45. The van der Waals surface area contributed by atoms with E-state index in [1.54, 1.807) is 0 Å². The summed E-state index contributed by atoms with van der Waals surface area (Å²) in [6, 6.07) is 10.5. The third-order valence-corrected chi connectivity index (χ3v) is 6.62. The Bertz CT molecular complexity index is 618. The van der Waals surface area contributed by atoms with Crippen LogP contribution in [0.3, 0.4) is 0 Å². The van der Waals surface area contributed by atoms with E-state index < -0.39 is 0 Å². The Balaban J connectivity index is 1.83. The number of rotatable bonds is 12. The molecule has 0 aliphatic heterocycles. The lowest BCUT2D eigenvalue weighted by Gasteiger charge is -2.36. The molecule has 0 aliphatic rings. The molecule has 0 amide bonds. The zero-order valence-electron chi connectivity index (χ0n) is 17.8. The van der Waals surface area contributed by atoms with Crippen molar-refractivity contribution in [2.45, 2.75) is 53.5 Å². The minimum absolute atomic E-state index is 0.990. The van der Waals surface area contributed by atoms with Crippen LogP contribution in [0.1, 0.15) is 52.7 Å². The van der Waals surface area contributed by atoms with Gasteiger partial charge in [-0.05, 0) is 59.1 Å². The zero-order chi connectivity index (χ0) is 19.0. The molecule has 3 nitrogen and oxygen atoms in total. The van der Waals surface area contributed by atoms with E-state index in [2.05, 4.69) is 59.0 Å². The van der Waals surface area contributed by atoms with E-state index in [4.69, 9.17) is 4.42 Å². The minimum atomic E-state index is 0.990. The summed E-state index contributed by atoms with van der Waals surface area (Å²) in [6.07, 6.45) is 4.00. The number of nitrogens with zero attached hydrogens (tertiary/aromatic N) is 2. The highest BCUT2D eigenvalue weighted by atomic mass is 16.3. The van der Waals surface area contributed by atoms with Crippen LogP contribution in [0.15, 0.2) is 34.7 Å². The molecule has 0 radical (unpaired) electrons. The molecule has 1 atom stereocenters. The van der Waals surface area contributed by atoms with Gasteiger partial charge in [0.1, 0.15) is 12.1 Å². The van der Waals surface area contributed by atoms with Crippen molar-refractivity contribution in [1.82, 2.24) is 0 Å². The maximum atomic E-state index is 6.06. The average Bonchev–Trinajstić information content (AvgIpc) is 3.07. The molecule has 1 heterocycles. The summed E-state index contributed by atoms with van der Waals surface area (Å²) in [5.41, 5.74) is 1.01. The molecule has 2 rings (SSSR count). The van der Waals surface area contributed by atoms with Gasteiger partial charge in [-0.2, -0.15) is 0 Å². The molecule has 1 aromatic heterocycles. The van der Waals surface area contributed by atoms with Crippen molar-refractivity contribution in [2.24, 2.45) is 0 Å². The third-order valence-electron chi connectivity index (χ3n) is 6.62. The van der Waals surface area contributed by atoms with Crippen LogP contribution in [0.5, 0.6) is 0 Å². The van der Waals surface area contributed by atoms with Crippen molar-refractivity contribution < 1.29 is 13.4 Å². The summed E-state index contributed by atoms with van der Waals surface area (Å²) in [7, 11) is 2.37. The van der Waals surface area contributed by atoms with Gasteiger partial charge in [0.05, 0.1) is 46.3 Å². The number of quaternary nitrogens is 2. The number of unbranched alkanes of at least 4 members (excludes halogenated alkanes) is 2. The molecule has 0 aliphatic carbocycles. The lowest BCUT2D eigenvalue weighted by Crippen LogP contribution is -2.48. The number of hydrogen-bond acceptors (Lipinski definition) is 1. The van der Waals surface area contributed by atoms with Crippen LogP contribution in [-0.4, -0.2) is 55.3 Å². The van der Waals surface area contributed by atoms with Gasteiger partial charge in [0.25, 0.3) is 0 Å². The van der Waals surface area contributed by atoms with Crippen molar-refractivity contribution >= 4 is 11.0 Å². The van der Waals surface area contributed by atoms with Gasteiger partial charge in [-0.1, -0.05) is 18.2 Å². The number of hydrogen-bond donors (Lipinski definition) is 0. The summed E-state index contributed by atoms with van der Waals surface area (Å²) in [5.74, 6) is 1.12. The smallest absolute Gasteiger partial charge is 0.159 e. The fourth-order valence-corrected chi connectivity index (χ4v) is 4.10. The van der Waals surface area contributed by atoms with Crippen molar-refractivity contribution in [1.29, 1.82) is 0 Å². The molecule has 146 valence electrons. The molecule has 0 unspecified atom stereocenters. The summed E-state index contributed by atoms with van der Waals surface area (Å²) in [4.78, 5) is 0. The lowest BCUT2D eigenvalue weighted by atomic mass is 10.1. The third kappa shape index (κ3) is 5.34. The van der Waals surface area contributed by atoms with Crippen LogP contribution in [0.2, 0.25) is 0 Å². The summed E-state index contributed by atoms with van der Waals surface area (Å²) in [6.45, 7) is 17.8. The molecular formula is C23H40N2O+2. The van der Waals surface area contributed by atoms with Crippen molar-refractivity contribution in [3.05, 3.63) is 36.1 Å². The second-order valence-electron chi connectivity index (χ2n) is 8.14. The minimum Gasteiger partial charge on any atom is -0.455 e. The second-order valence-corrected chi connectivity index (χ2v) is 8.14. The van der Waals surface area contributed by atoms with Gasteiger partial charge in [0, 0.05) is 5.39 Å². The van der Waals surface area contributed by atoms with E-state index in [1.807, 2.05) is 6.07 Å². The van der Waals surface area contributed by atoms with Crippen LogP contribution >= 0.6 is 0 Å². The van der Waals surface area contributed by atoms with Crippen LogP contribution in [0, 0.1) is 0 Å². The molecule has 0 fully saturated rings. The first-order chi connectivity index (χ1) is 12.5. The monoisotopic (exact) mass is 360 g/mol. The number of fused-ring (bicyclic) bond motifs is 1. The van der Waals surface area contributed by atoms with Gasteiger partial charge >= 0.3 is 0 Å². The van der Waals surface area contributed by atoms with Gasteiger partial charge in [-0.15, -0.1) is 0 Å². The predicted molar refractivity (Wildman–Crippen MR) is 112 cm³/mol. The van der Waals surface area contributed by atoms with Gasteiger partial charge in [0.15, 0.2) is 5.76 Å². The Morgan fingerprint density at radius 3 is 2.08 bits per heavy atom. The van der Waals surface area contributed by atoms with Gasteiger partial charge in [-0.3, -0.25) is 0 Å². The van der Waals surface area contributed by atoms with Crippen molar-refractivity contribution in [3.63, 3.8) is 0 Å². The van der Waals surface area contributed by atoms with E-state index in [-0.39, 0.29) is 0 Å².